The fourth-order valence-corrected chi connectivity index (χ4v) is 5.55. The maximum absolute atomic E-state index is 13.5. The Kier molecular flexibility index (Phi) is 8.85. The standard InChI is InChI=1S/C26H30FN3O2S2/c27-22-9-7-21(8-10-22)18-30(19-24-6-4-16-34-24)26(32)20-29(14-13-28-11-1-2-12-28)25(31)17-23-5-3-15-33-23/h3-10,15-16H,1-2,11-14,17-20H2. The summed E-state index contributed by atoms with van der Waals surface area (Å²) in [6.45, 7) is 4.31. The molecular weight excluding hydrogens is 469 g/mol. The molecule has 0 N–H and O–H groups in total. The second-order valence-corrected chi connectivity index (χ2v) is 10.6. The molecule has 0 spiro atoms. The van der Waals surface area contributed by atoms with Crippen LogP contribution >= 0.6 is 22.7 Å². The fraction of sp³-hybridized carbons (Fsp3) is 0.385. The fourth-order valence-electron chi connectivity index (χ4n) is 4.13. The van der Waals surface area contributed by atoms with E-state index >= 15 is 0 Å². The van der Waals surface area contributed by atoms with Crippen molar-refractivity contribution in [2.45, 2.75) is 32.4 Å². The largest absolute Gasteiger partial charge is 0.332 e. The van der Waals surface area contributed by atoms with Crippen molar-refractivity contribution in [3.05, 3.63) is 80.4 Å². The van der Waals surface area contributed by atoms with E-state index in [4.69, 9.17) is 0 Å². The summed E-state index contributed by atoms with van der Waals surface area (Å²) in [6.07, 6.45) is 2.69. The highest BCUT2D eigenvalue weighted by Crippen LogP contribution is 2.17. The van der Waals surface area contributed by atoms with E-state index in [-0.39, 0.29) is 24.2 Å². The maximum Gasteiger partial charge on any atom is 0.242 e. The van der Waals surface area contributed by atoms with Crippen molar-refractivity contribution < 1.29 is 14.0 Å². The van der Waals surface area contributed by atoms with Gasteiger partial charge in [-0.05, 0) is 66.5 Å². The Labute approximate surface area is 208 Å². The number of likely N-dealkylation sites (tertiary alicyclic amines) is 1. The third kappa shape index (κ3) is 7.22. The lowest BCUT2D eigenvalue weighted by Crippen LogP contribution is -2.45. The highest BCUT2D eigenvalue weighted by Gasteiger charge is 2.24. The van der Waals surface area contributed by atoms with Gasteiger partial charge in [0.15, 0.2) is 0 Å². The number of carbonyl (C=O) groups is 2. The van der Waals surface area contributed by atoms with E-state index in [1.807, 2.05) is 35.0 Å². The molecule has 0 aliphatic carbocycles. The van der Waals surface area contributed by atoms with Crippen LogP contribution in [-0.4, -0.2) is 59.2 Å². The average molecular weight is 500 g/mol. The summed E-state index contributed by atoms with van der Waals surface area (Å²) < 4.78 is 13.4. The summed E-state index contributed by atoms with van der Waals surface area (Å²) in [6, 6.07) is 14.1. The first-order valence-electron chi connectivity index (χ1n) is 11.6. The van der Waals surface area contributed by atoms with Crippen LogP contribution in [0.2, 0.25) is 0 Å². The second kappa shape index (κ2) is 12.2. The Bertz CT molecular complexity index is 1030. The van der Waals surface area contributed by atoms with E-state index in [0.29, 0.717) is 26.1 Å². The van der Waals surface area contributed by atoms with Crippen LogP contribution in [0.25, 0.3) is 0 Å². The average Bonchev–Trinajstić information content (AvgIpc) is 3.61. The Hall–Kier alpha value is -2.55. The summed E-state index contributed by atoms with van der Waals surface area (Å²) in [4.78, 5) is 34.6. The minimum atomic E-state index is -0.299. The van der Waals surface area contributed by atoms with E-state index in [1.54, 1.807) is 44.6 Å². The number of amides is 2. The summed E-state index contributed by atoms with van der Waals surface area (Å²) in [5, 5.41) is 3.95. The monoisotopic (exact) mass is 499 g/mol. The lowest BCUT2D eigenvalue weighted by Gasteiger charge is -2.29. The van der Waals surface area contributed by atoms with Crippen LogP contribution in [-0.2, 0) is 29.1 Å². The van der Waals surface area contributed by atoms with E-state index in [9.17, 15) is 14.0 Å². The van der Waals surface area contributed by atoms with Crippen molar-refractivity contribution in [1.82, 2.24) is 14.7 Å². The summed E-state index contributed by atoms with van der Waals surface area (Å²) in [5.41, 5.74) is 0.861. The molecule has 8 heteroatoms. The number of rotatable bonds is 11. The van der Waals surface area contributed by atoms with E-state index in [2.05, 4.69) is 4.90 Å². The molecular formula is C26H30FN3O2S2. The van der Waals surface area contributed by atoms with Crippen LogP contribution in [0.1, 0.15) is 28.2 Å². The first kappa shape index (κ1) is 24.6. The van der Waals surface area contributed by atoms with Crippen LogP contribution in [0, 0.1) is 5.82 Å². The van der Waals surface area contributed by atoms with Gasteiger partial charge in [-0.1, -0.05) is 24.3 Å². The third-order valence-electron chi connectivity index (χ3n) is 6.04. The molecule has 2 aromatic heterocycles. The van der Waals surface area contributed by atoms with E-state index in [0.717, 1.165) is 35.0 Å². The van der Waals surface area contributed by atoms with Gasteiger partial charge in [-0.3, -0.25) is 9.59 Å². The normalized spacial score (nSPS) is 13.8. The number of carbonyl (C=O) groups excluding carboxylic acids is 2. The molecule has 2 amide bonds. The molecule has 1 fully saturated rings. The van der Waals surface area contributed by atoms with Crippen molar-refractivity contribution in [2.24, 2.45) is 0 Å². The predicted molar refractivity (Wildman–Crippen MR) is 135 cm³/mol. The third-order valence-corrected chi connectivity index (χ3v) is 7.77. The highest BCUT2D eigenvalue weighted by molar-refractivity contribution is 7.10. The lowest BCUT2D eigenvalue weighted by molar-refractivity contribution is -0.141. The molecule has 0 bridgehead atoms. The molecule has 1 aromatic carbocycles. The highest BCUT2D eigenvalue weighted by atomic mass is 32.1. The minimum Gasteiger partial charge on any atom is -0.332 e. The van der Waals surface area contributed by atoms with Gasteiger partial charge >= 0.3 is 0 Å². The van der Waals surface area contributed by atoms with Gasteiger partial charge < -0.3 is 14.7 Å². The molecule has 0 atom stereocenters. The molecule has 4 rings (SSSR count). The zero-order chi connectivity index (χ0) is 23.8. The molecule has 5 nitrogen and oxygen atoms in total. The number of hydrogen-bond donors (Lipinski definition) is 0. The summed E-state index contributed by atoms with van der Waals surface area (Å²) in [5.74, 6) is -0.418. The van der Waals surface area contributed by atoms with Crippen molar-refractivity contribution >= 4 is 34.5 Å². The predicted octanol–water partition coefficient (Wildman–Crippen LogP) is 4.64. The topological polar surface area (TPSA) is 43.9 Å². The number of halogens is 1. The summed E-state index contributed by atoms with van der Waals surface area (Å²) in [7, 11) is 0. The van der Waals surface area contributed by atoms with Crippen molar-refractivity contribution in [3.63, 3.8) is 0 Å². The Balaban J connectivity index is 1.47. The smallest absolute Gasteiger partial charge is 0.242 e. The molecule has 34 heavy (non-hydrogen) atoms. The Morgan fingerprint density at radius 2 is 1.53 bits per heavy atom. The Morgan fingerprint density at radius 1 is 0.853 bits per heavy atom. The SMILES string of the molecule is O=C(Cc1cccs1)N(CCN1CCCC1)CC(=O)N(Cc1ccc(F)cc1)Cc1cccs1. The lowest BCUT2D eigenvalue weighted by atomic mass is 10.2. The zero-order valence-corrected chi connectivity index (χ0v) is 20.8. The van der Waals surface area contributed by atoms with Crippen LogP contribution in [0.15, 0.2) is 59.3 Å². The zero-order valence-electron chi connectivity index (χ0n) is 19.2. The number of hydrogen-bond acceptors (Lipinski definition) is 5. The van der Waals surface area contributed by atoms with Gasteiger partial charge in [-0.25, -0.2) is 4.39 Å². The van der Waals surface area contributed by atoms with Gasteiger partial charge in [0.05, 0.1) is 19.5 Å². The van der Waals surface area contributed by atoms with Gasteiger partial charge in [0.25, 0.3) is 0 Å². The maximum atomic E-state index is 13.5. The molecule has 1 saturated heterocycles. The van der Waals surface area contributed by atoms with Crippen LogP contribution in [0.5, 0.6) is 0 Å². The molecule has 0 radical (unpaired) electrons. The van der Waals surface area contributed by atoms with Crippen molar-refractivity contribution in [3.8, 4) is 0 Å². The molecule has 1 aliphatic heterocycles. The Morgan fingerprint density at radius 3 is 2.18 bits per heavy atom. The number of nitrogens with zero attached hydrogens (tertiary/aromatic N) is 3. The number of benzene rings is 1. The van der Waals surface area contributed by atoms with Crippen molar-refractivity contribution in [2.75, 3.05) is 32.7 Å². The van der Waals surface area contributed by atoms with Gasteiger partial charge in [0.1, 0.15) is 5.82 Å². The molecule has 0 saturated carbocycles. The van der Waals surface area contributed by atoms with Gasteiger partial charge in [-0.2, -0.15) is 0 Å². The molecule has 180 valence electrons. The molecule has 1 aliphatic rings. The molecule has 3 aromatic rings. The summed E-state index contributed by atoms with van der Waals surface area (Å²) >= 11 is 3.16. The van der Waals surface area contributed by atoms with Crippen molar-refractivity contribution in [1.29, 1.82) is 0 Å². The second-order valence-electron chi connectivity index (χ2n) is 8.58. The van der Waals surface area contributed by atoms with Crippen LogP contribution < -0.4 is 0 Å². The van der Waals surface area contributed by atoms with Crippen LogP contribution in [0.4, 0.5) is 4.39 Å². The van der Waals surface area contributed by atoms with Gasteiger partial charge in [0.2, 0.25) is 11.8 Å². The van der Waals surface area contributed by atoms with E-state index in [1.165, 1.54) is 25.0 Å². The first-order chi connectivity index (χ1) is 16.6. The minimum absolute atomic E-state index is 0.0205. The van der Waals surface area contributed by atoms with Crippen LogP contribution in [0.3, 0.4) is 0 Å². The van der Waals surface area contributed by atoms with Gasteiger partial charge in [-0.15, -0.1) is 22.7 Å². The number of thiophene rings is 2. The van der Waals surface area contributed by atoms with Gasteiger partial charge in [0, 0.05) is 29.4 Å². The first-order valence-corrected chi connectivity index (χ1v) is 13.4. The quantitative estimate of drug-likeness (QED) is 0.386. The molecule has 3 heterocycles. The molecule has 0 unspecified atom stereocenters. The van der Waals surface area contributed by atoms with E-state index < -0.39 is 0 Å².